The minimum atomic E-state index is 0.995. The molecule has 2 heteroatoms. The molecule has 0 aliphatic heterocycles. The molecule has 1 rings (SSSR count). The Labute approximate surface area is 87.7 Å². The highest BCUT2D eigenvalue weighted by Gasteiger charge is 1.87. The molecule has 0 bridgehead atoms. The lowest BCUT2D eigenvalue weighted by molar-refractivity contribution is 0.675. The highest BCUT2D eigenvalue weighted by Crippen LogP contribution is 1.96. The van der Waals surface area contributed by atoms with E-state index in [1.165, 1.54) is 12.0 Å². The fraction of sp³-hybridized carbons (Fsp3) is 0.500. The zero-order valence-corrected chi connectivity index (χ0v) is 9.51. The molecule has 80 valence electrons. The van der Waals surface area contributed by atoms with Gasteiger partial charge in [-0.3, -0.25) is 0 Å². The molecule has 0 aliphatic rings. The van der Waals surface area contributed by atoms with E-state index in [1.54, 1.807) is 0 Å². The number of benzene rings is 1. The topological polar surface area (TPSA) is 24.1 Å². The van der Waals surface area contributed by atoms with Crippen LogP contribution in [-0.2, 0) is 6.54 Å². The predicted molar refractivity (Wildman–Crippen MR) is 63.4 cm³/mol. The maximum absolute atomic E-state index is 3.35. The van der Waals surface area contributed by atoms with Gasteiger partial charge < -0.3 is 10.6 Å². The lowest BCUT2D eigenvalue weighted by atomic mass is 10.2. The summed E-state index contributed by atoms with van der Waals surface area (Å²) in [5.41, 5.74) is 1.36. The fourth-order valence-electron chi connectivity index (χ4n) is 1.01. The third-order valence-corrected chi connectivity index (χ3v) is 1.60. The largest absolute Gasteiger partial charge is 0.323 e. The lowest BCUT2D eigenvalue weighted by Crippen LogP contribution is -2.13. The average molecular weight is 194 g/mol. The zero-order chi connectivity index (χ0) is 10.6. The second kappa shape index (κ2) is 10.2. The highest BCUT2D eigenvalue weighted by atomic mass is 14.8. The zero-order valence-electron chi connectivity index (χ0n) is 9.51. The van der Waals surface area contributed by atoms with E-state index in [0.717, 1.165) is 13.1 Å². The lowest BCUT2D eigenvalue weighted by Gasteiger charge is -2.01. The third kappa shape index (κ3) is 7.77. The van der Waals surface area contributed by atoms with Gasteiger partial charge in [0.05, 0.1) is 0 Å². The van der Waals surface area contributed by atoms with E-state index < -0.39 is 0 Å². The van der Waals surface area contributed by atoms with Crippen LogP contribution in [0, 0.1) is 0 Å². The van der Waals surface area contributed by atoms with Gasteiger partial charge in [-0.05, 0) is 32.6 Å². The van der Waals surface area contributed by atoms with Crippen LogP contribution in [0.3, 0.4) is 0 Å². The second-order valence-corrected chi connectivity index (χ2v) is 3.16. The monoisotopic (exact) mass is 194 g/mol. The molecule has 0 aromatic heterocycles. The summed E-state index contributed by atoms with van der Waals surface area (Å²) in [5.74, 6) is 0. The molecular formula is C12H22N2. The van der Waals surface area contributed by atoms with Gasteiger partial charge in [-0.15, -0.1) is 0 Å². The fourth-order valence-corrected chi connectivity index (χ4v) is 1.01. The number of rotatable bonds is 4. The molecule has 0 atom stereocenters. The third-order valence-electron chi connectivity index (χ3n) is 1.60. The van der Waals surface area contributed by atoms with Crippen LogP contribution in [0.15, 0.2) is 30.3 Å². The van der Waals surface area contributed by atoms with Crippen LogP contribution in [0.5, 0.6) is 0 Å². The van der Waals surface area contributed by atoms with Crippen molar-refractivity contribution in [2.45, 2.75) is 19.9 Å². The van der Waals surface area contributed by atoms with E-state index >= 15 is 0 Å². The number of hydrogen-bond donors (Lipinski definition) is 2. The van der Waals surface area contributed by atoms with Gasteiger partial charge in [-0.2, -0.15) is 0 Å². The van der Waals surface area contributed by atoms with E-state index in [4.69, 9.17) is 0 Å². The summed E-state index contributed by atoms with van der Waals surface area (Å²) in [6.45, 7) is 4.28. The van der Waals surface area contributed by atoms with E-state index in [2.05, 4.69) is 41.8 Å². The molecule has 0 heterocycles. The Morgan fingerprint density at radius 2 is 1.64 bits per heavy atom. The van der Waals surface area contributed by atoms with Gasteiger partial charge in [-0.25, -0.2) is 0 Å². The van der Waals surface area contributed by atoms with Crippen molar-refractivity contribution >= 4 is 0 Å². The van der Waals surface area contributed by atoms with Crippen molar-refractivity contribution in [1.82, 2.24) is 10.6 Å². The van der Waals surface area contributed by atoms with Gasteiger partial charge >= 0.3 is 0 Å². The Balaban J connectivity index is 0.000000500. The molecule has 0 fully saturated rings. The van der Waals surface area contributed by atoms with Gasteiger partial charge in [0.1, 0.15) is 0 Å². The SMILES string of the molecule is CCCNCc1ccccc1.CNC. The summed E-state index contributed by atoms with van der Waals surface area (Å²) < 4.78 is 0. The van der Waals surface area contributed by atoms with Crippen LogP contribution >= 0.6 is 0 Å². The van der Waals surface area contributed by atoms with E-state index in [-0.39, 0.29) is 0 Å². The first-order chi connectivity index (χ1) is 6.85. The van der Waals surface area contributed by atoms with E-state index in [9.17, 15) is 0 Å². The maximum atomic E-state index is 3.35. The molecular weight excluding hydrogens is 172 g/mol. The van der Waals surface area contributed by atoms with Crippen LogP contribution in [-0.4, -0.2) is 20.6 Å². The molecule has 0 amide bonds. The van der Waals surface area contributed by atoms with Crippen molar-refractivity contribution < 1.29 is 0 Å². The van der Waals surface area contributed by atoms with Crippen molar-refractivity contribution in [2.75, 3.05) is 20.6 Å². The van der Waals surface area contributed by atoms with Crippen molar-refractivity contribution in [2.24, 2.45) is 0 Å². The molecule has 0 aliphatic carbocycles. The maximum Gasteiger partial charge on any atom is 0.0205 e. The molecule has 0 spiro atoms. The van der Waals surface area contributed by atoms with Gasteiger partial charge in [0.15, 0.2) is 0 Å². The Hall–Kier alpha value is -0.860. The van der Waals surface area contributed by atoms with Crippen molar-refractivity contribution in [3.63, 3.8) is 0 Å². The summed E-state index contributed by atoms with van der Waals surface area (Å²) in [7, 11) is 3.75. The smallest absolute Gasteiger partial charge is 0.0205 e. The second-order valence-electron chi connectivity index (χ2n) is 3.16. The molecule has 2 nitrogen and oxygen atoms in total. The molecule has 0 unspecified atom stereocenters. The Morgan fingerprint density at radius 3 is 2.14 bits per heavy atom. The first-order valence-electron chi connectivity index (χ1n) is 5.18. The molecule has 0 radical (unpaired) electrons. The van der Waals surface area contributed by atoms with Crippen LogP contribution < -0.4 is 10.6 Å². The molecule has 2 N–H and O–H groups in total. The van der Waals surface area contributed by atoms with Crippen LogP contribution in [0.2, 0.25) is 0 Å². The molecule has 0 saturated heterocycles. The first kappa shape index (κ1) is 13.1. The molecule has 0 saturated carbocycles. The summed E-state index contributed by atoms with van der Waals surface area (Å²) >= 11 is 0. The summed E-state index contributed by atoms with van der Waals surface area (Å²) in [6, 6.07) is 10.5. The Kier molecular flexibility index (Phi) is 9.59. The normalized spacial score (nSPS) is 9.07. The Morgan fingerprint density at radius 1 is 1.07 bits per heavy atom. The van der Waals surface area contributed by atoms with Gasteiger partial charge in [0.25, 0.3) is 0 Å². The average Bonchev–Trinajstić information content (AvgIpc) is 2.21. The molecule has 1 aromatic carbocycles. The van der Waals surface area contributed by atoms with Crippen LogP contribution in [0.25, 0.3) is 0 Å². The minimum absolute atomic E-state index is 0.995. The predicted octanol–water partition coefficient (Wildman–Crippen LogP) is 2.02. The van der Waals surface area contributed by atoms with Crippen molar-refractivity contribution in [3.8, 4) is 0 Å². The van der Waals surface area contributed by atoms with Crippen molar-refractivity contribution in [3.05, 3.63) is 35.9 Å². The minimum Gasteiger partial charge on any atom is -0.323 e. The standard InChI is InChI=1S/C10H15N.C2H7N/c1-2-8-11-9-10-6-4-3-5-7-10;1-3-2/h3-7,11H,2,8-9H2,1H3;3H,1-2H3. The van der Waals surface area contributed by atoms with E-state index in [0.29, 0.717) is 0 Å². The number of hydrogen-bond acceptors (Lipinski definition) is 2. The summed E-state index contributed by atoms with van der Waals surface area (Å²) in [5, 5.41) is 6.10. The van der Waals surface area contributed by atoms with Crippen molar-refractivity contribution in [1.29, 1.82) is 0 Å². The van der Waals surface area contributed by atoms with E-state index in [1.807, 2.05) is 20.2 Å². The van der Waals surface area contributed by atoms with Gasteiger partial charge in [-0.1, -0.05) is 37.3 Å². The highest BCUT2D eigenvalue weighted by molar-refractivity contribution is 5.14. The quantitative estimate of drug-likeness (QED) is 0.717. The number of nitrogens with one attached hydrogen (secondary N) is 2. The molecule has 1 aromatic rings. The summed E-state index contributed by atoms with van der Waals surface area (Å²) in [4.78, 5) is 0. The van der Waals surface area contributed by atoms with Crippen LogP contribution in [0.4, 0.5) is 0 Å². The first-order valence-corrected chi connectivity index (χ1v) is 5.18. The molecule has 14 heavy (non-hydrogen) atoms. The Bertz CT molecular complexity index is 197. The summed E-state index contributed by atoms with van der Waals surface area (Å²) in [6.07, 6.45) is 1.20. The van der Waals surface area contributed by atoms with Crippen LogP contribution in [0.1, 0.15) is 18.9 Å². The van der Waals surface area contributed by atoms with Gasteiger partial charge in [0, 0.05) is 6.54 Å². The van der Waals surface area contributed by atoms with Gasteiger partial charge in [0.2, 0.25) is 0 Å².